The van der Waals surface area contributed by atoms with E-state index in [0.717, 1.165) is 36.2 Å². The molecule has 2 saturated heterocycles. The van der Waals surface area contributed by atoms with E-state index in [1.807, 2.05) is 18.7 Å². The maximum atomic E-state index is 12.6. The largest absolute Gasteiger partial charge is 0.473 e. The molecule has 0 saturated carbocycles. The number of aliphatic carboxylic acids is 2. The molecule has 2 aromatic rings. The van der Waals surface area contributed by atoms with Crippen LogP contribution in [0.1, 0.15) is 43.4 Å². The Morgan fingerprint density at radius 1 is 1.03 bits per heavy atom. The highest BCUT2D eigenvalue weighted by Crippen LogP contribution is 2.68. The van der Waals surface area contributed by atoms with Crippen LogP contribution in [0.3, 0.4) is 0 Å². The Hall–Kier alpha value is -2.84. The fourth-order valence-corrected chi connectivity index (χ4v) is 7.36. The van der Waals surface area contributed by atoms with E-state index < -0.39 is 11.9 Å². The Balaban J connectivity index is 0.000000408. The van der Waals surface area contributed by atoms with Gasteiger partial charge in [-0.1, -0.05) is 42.5 Å². The van der Waals surface area contributed by atoms with Gasteiger partial charge in [0, 0.05) is 34.6 Å². The van der Waals surface area contributed by atoms with Crippen molar-refractivity contribution in [3.05, 3.63) is 65.2 Å². The fraction of sp³-hybridized carbons (Fsp3) is 0.423. The molecule has 0 aromatic heterocycles. The predicted molar refractivity (Wildman–Crippen MR) is 127 cm³/mol. The smallest absolute Gasteiger partial charge is 0.414 e. The Morgan fingerprint density at radius 2 is 1.68 bits per heavy atom. The number of carboxylic acid groups (broad SMARTS) is 2. The number of esters is 1. The van der Waals surface area contributed by atoms with Gasteiger partial charge in [0.05, 0.1) is 25.6 Å². The first kappa shape index (κ1) is 24.3. The third-order valence-electron chi connectivity index (χ3n) is 7.57. The molecule has 0 radical (unpaired) electrons. The van der Waals surface area contributed by atoms with Gasteiger partial charge in [-0.2, -0.15) is 0 Å². The number of ether oxygens (including phenoxy) is 1. The summed E-state index contributed by atoms with van der Waals surface area (Å²) in [6.45, 7) is 6.86. The molecular weight excluding hydrogens is 454 g/mol. The molecule has 0 amide bonds. The average Bonchev–Trinajstić information content (AvgIpc) is 3.50. The molecule has 0 bridgehead atoms. The van der Waals surface area contributed by atoms with Crippen LogP contribution in [0, 0.1) is 5.92 Å². The van der Waals surface area contributed by atoms with E-state index >= 15 is 0 Å². The number of nitrogens with zero attached hydrogens (tertiary/aromatic N) is 1. The van der Waals surface area contributed by atoms with Crippen LogP contribution in [0.5, 0.6) is 0 Å². The van der Waals surface area contributed by atoms with Crippen molar-refractivity contribution in [2.24, 2.45) is 5.92 Å². The highest BCUT2D eigenvalue weighted by molar-refractivity contribution is 7.98. The van der Waals surface area contributed by atoms with Gasteiger partial charge in [-0.25, -0.2) is 9.59 Å². The maximum Gasteiger partial charge on any atom is 0.414 e. The number of carbonyl (C=O) groups is 3. The summed E-state index contributed by atoms with van der Waals surface area (Å²) >= 11 is 1.96. The van der Waals surface area contributed by atoms with E-state index in [1.54, 1.807) is 0 Å². The molecule has 3 heterocycles. The SMILES string of the molecule is CCOC(=O)C1CC[N+]2(CC)C(C1)[C@]21c2ccccc2CSc2ccccc21.O=C(O)C(=O)O. The van der Waals surface area contributed by atoms with Crippen molar-refractivity contribution >= 4 is 29.7 Å². The molecule has 1 spiro atoms. The quantitative estimate of drug-likeness (QED) is 0.295. The molecule has 5 rings (SSSR count). The van der Waals surface area contributed by atoms with Crippen LogP contribution < -0.4 is 0 Å². The number of rotatable bonds is 3. The predicted octanol–water partition coefficient (Wildman–Crippen LogP) is 3.88. The summed E-state index contributed by atoms with van der Waals surface area (Å²) < 4.78 is 6.50. The molecule has 4 atom stereocenters. The van der Waals surface area contributed by atoms with Crippen molar-refractivity contribution in [1.82, 2.24) is 0 Å². The summed E-state index contributed by atoms with van der Waals surface area (Å²) in [5, 5.41) is 14.8. The molecule has 34 heavy (non-hydrogen) atoms. The van der Waals surface area contributed by atoms with Gasteiger partial charge < -0.3 is 14.9 Å². The second-order valence-electron chi connectivity index (χ2n) is 8.88. The van der Waals surface area contributed by atoms with Gasteiger partial charge in [-0.05, 0) is 25.5 Å². The lowest BCUT2D eigenvalue weighted by atomic mass is 9.82. The monoisotopic (exact) mass is 484 g/mol. The van der Waals surface area contributed by atoms with Crippen LogP contribution in [0.2, 0.25) is 0 Å². The van der Waals surface area contributed by atoms with Gasteiger partial charge in [-0.15, -0.1) is 11.8 Å². The summed E-state index contributed by atoms with van der Waals surface area (Å²) in [4.78, 5) is 32.2. The van der Waals surface area contributed by atoms with Crippen LogP contribution in [0.25, 0.3) is 0 Å². The van der Waals surface area contributed by atoms with E-state index in [9.17, 15) is 4.79 Å². The minimum atomic E-state index is -1.82. The van der Waals surface area contributed by atoms with Gasteiger partial charge >= 0.3 is 17.9 Å². The van der Waals surface area contributed by atoms with Crippen molar-refractivity contribution in [3.8, 4) is 0 Å². The van der Waals surface area contributed by atoms with Crippen LogP contribution in [-0.4, -0.2) is 58.3 Å². The highest BCUT2D eigenvalue weighted by atomic mass is 32.2. The lowest BCUT2D eigenvalue weighted by Crippen LogP contribution is -2.41. The first-order chi connectivity index (χ1) is 16.3. The molecule has 180 valence electrons. The van der Waals surface area contributed by atoms with Crippen molar-refractivity contribution in [1.29, 1.82) is 0 Å². The fourth-order valence-electron chi connectivity index (χ4n) is 6.25. The van der Waals surface area contributed by atoms with Crippen molar-refractivity contribution in [3.63, 3.8) is 0 Å². The highest BCUT2D eigenvalue weighted by Gasteiger charge is 2.82. The van der Waals surface area contributed by atoms with Crippen molar-refractivity contribution in [2.45, 2.75) is 48.9 Å². The number of carboxylic acids is 2. The molecule has 3 unspecified atom stereocenters. The van der Waals surface area contributed by atoms with Crippen LogP contribution >= 0.6 is 11.8 Å². The third-order valence-corrected chi connectivity index (χ3v) is 8.70. The molecule has 2 N–H and O–H groups in total. The zero-order valence-electron chi connectivity index (χ0n) is 19.4. The number of thioether (sulfide) groups is 1. The first-order valence-electron chi connectivity index (χ1n) is 11.6. The number of quaternary nitrogens is 1. The van der Waals surface area contributed by atoms with E-state index in [-0.39, 0.29) is 17.4 Å². The molecule has 3 aliphatic rings. The Kier molecular flexibility index (Phi) is 6.73. The van der Waals surface area contributed by atoms with Gasteiger partial charge in [0.1, 0.15) is 0 Å². The van der Waals surface area contributed by atoms with Gasteiger partial charge in [-0.3, -0.25) is 9.28 Å². The zero-order valence-corrected chi connectivity index (χ0v) is 20.2. The van der Waals surface area contributed by atoms with Crippen molar-refractivity contribution < 1.29 is 33.8 Å². The van der Waals surface area contributed by atoms with Gasteiger partial charge in [0.2, 0.25) is 5.54 Å². The lowest BCUT2D eigenvalue weighted by Gasteiger charge is -2.30. The van der Waals surface area contributed by atoms with Crippen LogP contribution in [-0.2, 0) is 30.4 Å². The molecular formula is C26H30NO6S+. The van der Waals surface area contributed by atoms with Gasteiger partial charge in [0.15, 0.2) is 6.04 Å². The molecule has 3 aliphatic heterocycles. The molecule has 0 aliphatic carbocycles. The standard InChI is InChI=1S/C24H28NO2S.C2H2O4/c1-3-25-14-13-17(23(26)27-4-2)15-22(25)24(25)19-10-6-5-9-18(19)16-28-21-12-8-7-11-20(21)24;3-1(4)2(5)6/h5-12,17,22H,3-4,13-16H2,1-2H3;(H,3,4)(H,5,6)/q+1;/t17?,22?,24-,25?;/m1./s1. The number of likely N-dealkylation sites (N-methyl/N-ethyl adjacent to an activating group) is 1. The van der Waals surface area contributed by atoms with E-state index in [4.69, 9.17) is 24.5 Å². The van der Waals surface area contributed by atoms with Gasteiger partial charge in [0.25, 0.3) is 0 Å². The van der Waals surface area contributed by atoms with Crippen LogP contribution in [0.4, 0.5) is 0 Å². The van der Waals surface area contributed by atoms with E-state index in [1.165, 1.54) is 21.6 Å². The van der Waals surface area contributed by atoms with Crippen LogP contribution in [0.15, 0.2) is 53.4 Å². The number of hydrogen-bond donors (Lipinski definition) is 2. The molecule has 2 aromatic carbocycles. The topological polar surface area (TPSA) is 101 Å². The summed E-state index contributed by atoms with van der Waals surface area (Å²) in [5.41, 5.74) is 4.41. The second kappa shape index (κ2) is 9.43. The molecule has 8 heteroatoms. The van der Waals surface area contributed by atoms with E-state index in [0.29, 0.717) is 12.6 Å². The minimum absolute atomic E-state index is 0.00280. The number of carbonyl (C=O) groups excluding carboxylic acids is 1. The third kappa shape index (κ3) is 3.69. The Bertz CT molecular complexity index is 1060. The average molecular weight is 485 g/mol. The summed E-state index contributed by atoms with van der Waals surface area (Å²) in [7, 11) is 0. The summed E-state index contributed by atoms with van der Waals surface area (Å²) in [5.74, 6) is -2.59. The minimum Gasteiger partial charge on any atom is -0.473 e. The van der Waals surface area contributed by atoms with Crippen molar-refractivity contribution in [2.75, 3.05) is 19.7 Å². The van der Waals surface area contributed by atoms with E-state index in [2.05, 4.69) is 55.5 Å². The second-order valence-corrected chi connectivity index (χ2v) is 9.90. The number of hydrogen-bond acceptors (Lipinski definition) is 5. The number of fused-ring (bicyclic) bond motifs is 7. The maximum absolute atomic E-state index is 12.6. The summed E-state index contributed by atoms with van der Waals surface area (Å²) in [6.07, 6.45) is 1.86. The lowest BCUT2D eigenvalue weighted by molar-refractivity contribution is -0.845. The number of benzene rings is 2. The first-order valence-corrected chi connectivity index (χ1v) is 12.6. The zero-order chi connectivity index (χ0) is 24.5. The Labute approximate surface area is 203 Å². The molecule has 2 fully saturated rings. The number of piperidine rings is 1. The Morgan fingerprint density at radius 3 is 2.32 bits per heavy atom. The molecule has 7 nitrogen and oxygen atoms in total. The normalized spacial score (nSPS) is 28.2. The summed E-state index contributed by atoms with van der Waals surface area (Å²) in [6, 6.07) is 18.5.